The zero-order valence-corrected chi connectivity index (χ0v) is 12.6. The number of nitrogens with zero attached hydrogens (tertiary/aromatic N) is 2. The zero-order chi connectivity index (χ0) is 15.0. The average molecular weight is 295 g/mol. The Morgan fingerprint density at radius 3 is 2.67 bits per heavy atom. The molecule has 6 nitrogen and oxygen atoms in total. The number of hydrogen-bond acceptors (Lipinski definition) is 3. The van der Waals surface area contributed by atoms with E-state index in [1.54, 1.807) is 4.90 Å². The first kappa shape index (κ1) is 14.6. The van der Waals surface area contributed by atoms with Gasteiger partial charge >= 0.3 is 12.0 Å². The number of carboxylic acid groups (broad SMARTS) is 1. The van der Waals surface area contributed by atoms with Crippen molar-refractivity contribution < 1.29 is 14.7 Å². The van der Waals surface area contributed by atoms with E-state index in [9.17, 15) is 9.59 Å². The SMILES string of the molecule is C[C@@H]1CN(C(=O)NC2CCN3CCCCC23)C[C@H]1C(=O)O. The van der Waals surface area contributed by atoms with Crippen LogP contribution in [0.25, 0.3) is 0 Å². The summed E-state index contributed by atoms with van der Waals surface area (Å²) in [5.41, 5.74) is 0. The van der Waals surface area contributed by atoms with Gasteiger partial charge in [-0.2, -0.15) is 0 Å². The minimum Gasteiger partial charge on any atom is -0.481 e. The van der Waals surface area contributed by atoms with Gasteiger partial charge in [0.2, 0.25) is 0 Å². The molecule has 2 amide bonds. The van der Waals surface area contributed by atoms with E-state index in [1.165, 1.54) is 19.3 Å². The average Bonchev–Trinajstić information content (AvgIpc) is 3.03. The van der Waals surface area contributed by atoms with E-state index in [-0.39, 0.29) is 18.0 Å². The molecule has 0 saturated carbocycles. The normalized spacial score (nSPS) is 36.5. The van der Waals surface area contributed by atoms with Gasteiger partial charge < -0.3 is 15.3 Å². The molecule has 2 unspecified atom stereocenters. The molecular formula is C15H25N3O3. The number of hydrogen-bond donors (Lipinski definition) is 2. The summed E-state index contributed by atoms with van der Waals surface area (Å²) in [5, 5.41) is 12.3. The minimum absolute atomic E-state index is 0.0306. The highest BCUT2D eigenvalue weighted by Gasteiger charge is 2.40. The van der Waals surface area contributed by atoms with Crippen molar-refractivity contribution in [3.63, 3.8) is 0 Å². The lowest BCUT2D eigenvalue weighted by atomic mass is 9.99. The fourth-order valence-corrected chi connectivity index (χ4v) is 4.12. The van der Waals surface area contributed by atoms with Crippen molar-refractivity contribution in [1.82, 2.24) is 15.1 Å². The molecule has 21 heavy (non-hydrogen) atoms. The van der Waals surface area contributed by atoms with Crippen LogP contribution in [0.4, 0.5) is 4.79 Å². The molecule has 6 heteroatoms. The molecule has 3 aliphatic rings. The Morgan fingerprint density at radius 1 is 1.14 bits per heavy atom. The first-order valence-electron chi connectivity index (χ1n) is 8.08. The summed E-state index contributed by atoms with van der Waals surface area (Å²) in [5.74, 6) is -1.19. The summed E-state index contributed by atoms with van der Waals surface area (Å²) in [6.45, 7) is 5.01. The predicted octanol–water partition coefficient (Wildman–Crippen LogP) is 0.975. The van der Waals surface area contributed by atoms with Crippen molar-refractivity contribution >= 4 is 12.0 Å². The molecule has 0 aromatic carbocycles. The van der Waals surface area contributed by atoms with E-state index in [2.05, 4.69) is 10.2 Å². The molecular weight excluding hydrogens is 270 g/mol. The minimum atomic E-state index is -0.794. The third kappa shape index (κ3) is 2.86. The van der Waals surface area contributed by atoms with E-state index < -0.39 is 11.9 Å². The van der Waals surface area contributed by atoms with Gasteiger partial charge in [0, 0.05) is 31.7 Å². The maximum Gasteiger partial charge on any atom is 0.317 e. The molecule has 3 rings (SSSR count). The van der Waals surface area contributed by atoms with Gasteiger partial charge in [0.1, 0.15) is 0 Å². The second-order valence-electron chi connectivity index (χ2n) is 6.77. The first-order chi connectivity index (χ1) is 10.1. The molecule has 118 valence electrons. The van der Waals surface area contributed by atoms with Crippen LogP contribution in [0.2, 0.25) is 0 Å². The summed E-state index contributed by atoms with van der Waals surface area (Å²) in [7, 11) is 0. The molecule has 0 aliphatic carbocycles. The second-order valence-corrected chi connectivity index (χ2v) is 6.77. The number of piperidine rings is 1. The Balaban J connectivity index is 1.56. The van der Waals surface area contributed by atoms with Gasteiger partial charge in [0.15, 0.2) is 0 Å². The van der Waals surface area contributed by atoms with Crippen molar-refractivity contribution in [2.45, 2.75) is 44.7 Å². The number of rotatable bonds is 2. The van der Waals surface area contributed by atoms with Gasteiger partial charge in [-0.1, -0.05) is 13.3 Å². The number of carbonyl (C=O) groups excluding carboxylic acids is 1. The molecule has 0 spiro atoms. The summed E-state index contributed by atoms with van der Waals surface area (Å²) in [6.07, 6.45) is 4.69. The maximum atomic E-state index is 12.4. The molecule has 0 aromatic rings. The lowest BCUT2D eigenvalue weighted by Crippen LogP contribution is -2.50. The Bertz CT molecular complexity index is 428. The first-order valence-corrected chi connectivity index (χ1v) is 8.08. The lowest BCUT2D eigenvalue weighted by molar-refractivity contribution is -0.142. The molecule has 0 aromatic heterocycles. The smallest absolute Gasteiger partial charge is 0.317 e. The molecule has 4 atom stereocenters. The van der Waals surface area contributed by atoms with Crippen molar-refractivity contribution in [2.75, 3.05) is 26.2 Å². The number of likely N-dealkylation sites (tertiary alicyclic amines) is 1. The Labute approximate surface area is 125 Å². The number of fused-ring (bicyclic) bond motifs is 1. The lowest BCUT2D eigenvalue weighted by Gasteiger charge is -2.33. The van der Waals surface area contributed by atoms with Crippen LogP contribution in [0.3, 0.4) is 0 Å². The predicted molar refractivity (Wildman–Crippen MR) is 78.0 cm³/mol. The molecule has 0 bridgehead atoms. The summed E-state index contributed by atoms with van der Waals surface area (Å²) in [4.78, 5) is 27.7. The molecule has 2 N–H and O–H groups in total. The molecule has 0 radical (unpaired) electrons. The van der Waals surface area contributed by atoms with Crippen LogP contribution in [0.15, 0.2) is 0 Å². The largest absolute Gasteiger partial charge is 0.481 e. The van der Waals surface area contributed by atoms with Crippen LogP contribution in [-0.2, 0) is 4.79 Å². The number of aliphatic carboxylic acids is 1. The molecule has 3 aliphatic heterocycles. The fourth-order valence-electron chi connectivity index (χ4n) is 4.12. The highest BCUT2D eigenvalue weighted by Crippen LogP contribution is 2.28. The van der Waals surface area contributed by atoms with Gasteiger partial charge in [-0.05, 0) is 31.7 Å². The third-order valence-electron chi connectivity index (χ3n) is 5.38. The molecule has 3 saturated heterocycles. The Hall–Kier alpha value is -1.30. The van der Waals surface area contributed by atoms with Crippen molar-refractivity contribution in [2.24, 2.45) is 11.8 Å². The molecule has 3 fully saturated rings. The summed E-state index contributed by atoms with van der Waals surface area (Å²) >= 11 is 0. The number of carbonyl (C=O) groups is 2. The highest BCUT2D eigenvalue weighted by molar-refractivity contribution is 5.78. The van der Waals surface area contributed by atoms with Crippen molar-refractivity contribution in [3.05, 3.63) is 0 Å². The number of urea groups is 1. The monoisotopic (exact) mass is 295 g/mol. The summed E-state index contributed by atoms with van der Waals surface area (Å²) in [6, 6.07) is 0.637. The van der Waals surface area contributed by atoms with Crippen LogP contribution >= 0.6 is 0 Å². The van der Waals surface area contributed by atoms with Crippen molar-refractivity contribution in [1.29, 1.82) is 0 Å². The van der Waals surface area contributed by atoms with Gasteiger partial charge in [0.05, 0.1) is 5.92 Å². The van der Waals surface area contributed by atoms with E-state index in [0.29, 0.717) is 19.1 Å². The van der Waals surface area contributed by atoms with Crippen LogP contribution in [0, 0.1) is 11.8 Å². The number of carboxylic acids is 1. The van der Waals surface area contributed by atoms with E-state index in [4.69, 9.17) is 5.11 Å². The maximum absolute atomic E-state index is 12.4. The van der Waals surface area contributed by atoms with Crippen LogP contribution < -0.4 is 5.32 Å². The van der Waals surface area contributed by atoms with Gasteiger partial charge in [-0.25, -0.2) is 4.79 Å². The topological polar surface area (TPSA) is 72.9 Å². The quantitative estimate of drug-likeness (QED) is 0.796. The Kier molecular flexibility index (Phi) is 4.06. The zero-order valence-electron chi connectivity index (χ0n) is 12.6. The Morgan fingerprint density at radius 2 is 1.95 bits per heavy atom. The van der Waals surface area contributed by atoms with Gasteiger partial charge in [-0.3, -0.25) is 9.69 Å². The van der Waals surface area contributed by atoms with E-state index >= 15 is 0 Å². The summed E-state index contributed by atoms with van der Waals surface area (Å²) < 4.78 is 0. The van der Waals surface area contributed by atoms with Gasteiger partial charge in [0.25, 0.3) is 0 Å². The number of nitrogens with one attached hydrogen (secondary N) is 1. The van der Waals surface area contributed by atoms with Crippen LogP contribution in [0.1, 0.15) is 32.6 Å². The van der Waals surface area contributed by atoms with E-state index in [1.807, 2.05) is 6.92 Å². The van der Waals surface area contributed by atoms with Crippen molar-refractivity contribution in [3.8, 4) is 0 Å². The second kappa shape index (κ2) is 5.83. The van der Waals surface area contributed by atoms with Gasteiger partial charge in [-0.15, -0.1) is 0 Å². The number of amides is 2. The fraction of sp³-hybridized carbons (Fsp3) is 0.867. The third-order valence-corrected chi connectivity index (χ3v) is 5.38. The van der Waals surface area contributed by atoms with Crippen LogP contribution in [0.5, 0.6) is 0 Å². The van der Waals surface area contributed by atoms with E-state index in [0.717, 1.165) is 19.5 Å². The van der Waals surface area contributed by atoms with Crippen LogP contribution in [-0.4, -0.2) is 65.2 Å². The standard InChI is InChI=1S/C15H25N3O3/c1-10-8-18(9-11(10)14(19)20)15(21)16-12-5-7-17-6-3-2-4-13(12)17/h10-13H,2-9H2,1H3,(H,16,21)(H,19,20)/t10-,11-,12?,13?/m1/s1. The molecule has 3 heterocycles. The highest BCUT2D eigenvalue weighted by atomic mass is 16.4.